The van der Waals surface area contributed by atoms with Crippen LogP contribution in [0.25, 0.3) is 0 Å². The molecule has 0 spiro atoms. The van der Waals surface area contributed by atoms with Gasteiger partial charge in [0.25, 0.3) is 0 Å². The zero-order valence-corrected chi connectivity index (χ0v) is 12.6. The molecule has 2 unspecified atom stereocenters. The Hall–Kier alpha value is -1.32. The van der Waals surface area contributed by atoms with Gasteiger partial charge in [-0.25, -0.2) is 8.42 Å². The minimum Gasteiger partial charge on any atom is -0.368 e. The monoisotopic (exact) mass is 356 g/mol. The first-order chi connectivity index (χ1) is 9.96. The Balaban J connectivity index is 2.23. The van der Waals surface area contributed by atoms with Crippen molar-refractivity contribution in [2.24, 2.45) is 11.7 Å². The summed E-state index contributed by atoms with van der Waals surface area (Å²) < 4.78 is 63.6. The average Bonchev–Trinajstić information content (AvgIpc) is 3.00. The Labute approximate surface area is 129 Å². The van der Waals surface area contributed by atoms with Crippen LogP contribution in [0.1, 0.15) is 12.8 Å². The summed E-state index contributed by atoms with van der Waals surface area (Å²) in [7, 11) is -4.18. The molecule has 0 heterocycles. The Kier molecular flexibility index (Phi) is 4.18. The van der Waals surface area contributed by atoms with Crippen molar-refractivity contribution in [1.82, 2.24) is 4.72 Å². The molecule has 2 atom stereocenters. The number of amides is 1. The van der Waals surface area contributed by atoms with Crippen LogP contribution in [0.15, 0.2) is 29.2 Å². The van der Waals surface area contributed by atoms with Crippen LogP contribution in [0, 0.1) is 5.92 Å². The van der Waals surface area contributed by atoms with Crippen molar-refractivity contribution in [1.29, 1.82) is 0 Å². The van der Waals surface area contributed by atoms with Gasteiger partial charge in [-0.15, -0.1) is 0 Å². The lowest BCUT2D eigenvalue weighted by Crippen LogP contribution is -2.48. The van der Waals surface area contributed by atoms with E-state index in [-0.39, 0.29) is 11.3 Å². The number of nitrogens with two attached hydrogens (primary N) is 1. The molecule has 1 aliphatic carbocycles. The average molecular weight is 357 g/mol. The van der Waals surface area contributed by atoms with E-state index in [1.807, 2.05) is 4.72 Å². The van der Waals surface area contributed by atoms with Crippen molar-refractivity contribution in [2.45, 2.75) is 29.5 Å². The van der Waals surface area contributed by atoms with Crippen molar-refractivity contribution in [3.8, 4) is 0 Å². The van der Waals surface area contributed by atoms with E-state index in [1.54, 1.807) is 0 Å². The number of primary amides is 1. The summed E-state index contributed by atoms with van der Waals surface area (Å²) in [5.74, 6) is -2.33. The van der Waals surface area contributed by atoms with Gasteiger partial charge in [-0.2, -0.15) is 17.9 Å². The molecule has 1 fully saturated rings. The lowest BCUT2D eigenvalue weighted by Gasteiger charge is -2.17. The smallest absolute Gasteiger partial charge is 0.368 e. The molecular weight excluding hydrogens is 345 g/mol. The van der Waals surface area contributed by atoms with Crippen molar-refractivity contribution < 1.29 is 26.4 Å². The molecule has 10 heteroatoms. The summed E-state index contributed by atoms with van der Waals surface area (Å²) in [6, 6.07) is 4.99. The van der Waals surface area contributed by atoms with E-state index in [4.69, 9.17) is 17.3 Å². The molecule has 1 amide bonds. The topological polar surface area (TPSA) is 89.3 Å². The Morgan fingerprint density at radius 2 is 1.91 bits per heavy atom. The largest absolute Gasteiger partial charge is 0.389 e. The fraction of sp³-hybridized carbons (Fsp3) is 0.417. The van der Waals surface area contributed by atoms with Crippen LogP contribution in [0.4, 0.5) is 13.2 Å². The molecule has 0 aliphatic heterocycles. The van der Waals surface area contributed by atoms with E-state index in [0.717, 1.165) is 0 Å². The van der Waals surface area contributed by atoms with Crippen molar-refractivity contribution >= 4 is 27.5 Å². The molecule has 1 aromatic rings. The van der Waals surface area contributed by atoms with Crippen molar-refractivity contribution in [3.63, 3.8) is 0 Å². The van der Waals surface area contributed by atoms with Gasteiger partial charge in [0, 0.05) is 11.4 Å². The molecule has 5 nitrogen and oxygen atoms in total. The number of nitrogens with one attached hydrogen (secondary N) is 1. The summed E-state index contributed by atoms with van der Waals surface area (Å²) in [5, 5.41) is 0.296. The first-order valence-corrected chi connectivity index (χ1v) is 7.99. The van der Waals surface area contributed by atoms with Gasteiger partial charge in [0.1, 0.15) is 5.54 Å². The van der Waals surface area contributed by atoms with Crippen molar-refractivity contribution in [3.05, 3.63) is 29.3 Å². The molecule has 0 bridgehead atoms. The van der Waals surface area contributed by atoms with Gasteiger partial charge in [-0.05, 0) is 36.6 Å². The van der Waals surface area contributed by atoms with Crippen LogP contribution in [-0.4, -0.2) is 26.0 Å². The van der Waals surface area contributed by atoms with Gasteiger partial charge in [0.2, 0.25) is 15.9 Å². The van der Waals surface area contributed by atoms with E-state index in [9.17, 15) is 26.4 Å². The van der Waals surface area contributed by atoms with E-state index in [1.165, 1.54) is 24.3 Å². The van der Waals surface area contributed by atoms with Gasteiger partial charge in [-0.3, -0.25) is 4.79 Å². The van der Waals surface area contributed by atoms with Crippen LogP contribution < -0.4 is 10.5 Å². The lowest BCUT2D eigenvalue weighted by molar-refractivity contribution is -0.140. The highest BCUT2D eigenvalue weighted by atomic mass is 35.5. The molecule has 22 heavy (non-hydrogen) atoms. The molecule has 0 saturated heterocycles. The number of carbonyl (C=O) groups is 1. The molecule has 0 radical (unpaired) electrons. The normalized spacial score (nSPS) is 25.0. The molecule has 1 aliphatic rings. The van der Waals surface area contributed by atoms with Gasteiger partial charge >= 0.3 is 6.18 Å². The van der Waals surface area contributed by atoms with E-state index < -0.39 is 40.0 Å². The number of carbonyl (C=O) groups excluding carboxylic acids is 1. The maximum Gasteiger partial charge on any atom is 0.389 e. The highest BCUT2D eigenvalue weighted by molar-refractivity contribution is 7.89. The quantitative estimate of drug-likeness (QED) is 0.843. The van der Waals surface area contributed by atoms with Crippen LogP contribution in [0.3, 0.4) is 0 Å². The summed E-state index contributed by atoms with van der Waals surface area (Å²) >= 11 is 5.64. The summed E-state index contributed by atoms with van der Waals surface area (Å²) in [5.41, 5.74) is 3.20. The number of halogens is 4. The van der Waals surface area contributed by atoms with Crippen molar-refractivity contribution in [2.75, 3.05) is 0 Å². The van der Waals surface area contributed by atoms with Gasteiger partial charge < -0.3 is 5.73 Å². The Morgan fingerprint density at radius 3 is 2.36 bits per heavy atom. The molecule has 0 aromatic heterocycles. The van der Waals surface area contributed by atoms with Crippen LogP contribution in [-0.2, 0) is 14.8 Å². The van der Waals surface area contributed by atoms with E-state index in [0.29, 0.717) is 5.02 Å². The first-order valence-electron chi connectivity index (χ1n) is 6.12. The second kappa shape index (κ2) is 5.39. The van der Waals surface area contributed by atoms with Gasteiger partial charge in [0.15, 0.2) is 0 Å². The zero-order chi connectivity index (χ0) is 16.8. The fourth-order valence-electron chi connectivity index (χ4n) is 2.25. The molecule has 3 N–H and O–H groups in total. The molecular formula is C12H12ClF3N2O3S. The number of benzene rings is 1. The van der Waals surface area contributed by atoms with Gasteiger partial charge in [0.05, 0.1) is 4.90 Å². The standard InChI is InChI=1S/C12H12ClF3N2O3S/c13-8-1-3-9(4-2-8)22(20,21)18-11(10(17)19)5-7(11)6-12(14,15)16/h1-4,7,18H,5-6H2,(H2,17,19). The minimum atomic E-state index is -4.51. The van der Waals surface area contributed by atoms with Gasteiger partial charge in [-0.1, -0.05) is 11.6 Å². The molecule has 122 valence electrons. The van der Waals surface area contributed by atoms with E-state index >= 15 is 0 Å². The second-order valence-electron chi connectivity index (χ2n) is 5.12. The predicted octanol–water partition coefficient (Wildman–Crippen LogP) is 1.81. The highest BCUT2D eigenvalue weighted by Crippen LogP contribution is 2.50. The number of alkyl halides is 3. The second-order valence-corrected chi connectivity index (χ2v) is 7.23. The third kappa shape index (κ3) is 3.53. The third-order valence-corrected chi connectivity index (χ3v) is 5.24. The van der Waals surface area contributed by atoms with E-state index in [2.05, 4.69) is 0 Å². The molecule has 2 rings (SSSR count). The summed E-state index contributed by atoms with van der Waals surface area (Å²) in [6.07, 6.45) is -6.07. The predicted molar refractivity (Wildman–Crippen MR) is 72.5 cm³/mol. The number of rotatable bonds is 5. The Morgan fingerprint density at radius 1 is 1.36 bits per heavy atom. The number of hydrogen-bond donors (Lipinski definition) is 2. The van der Waals surface area contributed by atoms with Crippen LogP contribution in [0.5, 0.6) is 0 Å². The number of sulfonamides is 1. The number of hydrogen-bond acceptors (Lipinski definition) is 3. The zero-order valence-electron chi connectivity index (χ0n) is 11.0. The molecule has 1 aromatic carbocycles. The van der Waals surface area contributed by atoms with Crippen LogP contribution >= 0.6 is 11.6 Å². The third-order valence-electron chi connectivity index (χ3n) is 3.46. The highest BCUT2D eigenvalue weighted by Gasteiger charge is 2.63. The lowest BCUT2D eigenvalue weighted by atomic mass is 10.1. The van der Waals surface area contributed by atoms with Crippen LogP contribution in [0.2, 0.25) is 5.02 Å². The summed E-state index contributed by atoms with van der Waals surface area (Å²) in [6.45, 7) is 0. The maximum absolute atomic E-state index is 12.4. The first kappa shape index (κ1) is 17.0. The SMILES string of the molecule is NC(=O)C1(NS(=O)(=O)c2ccc(Cl)cc2)CC1CC(F)(F)F. The minimum absolute atomic E-state index is 0.213. The molecule has 1 saturated carbocycles. The maximum atomic E-state index is 12.4. The Bertz CT molecular complexity index is 691. The summed E-state index contributed by atoms with van der Waals surface area (Å²) in [4.78, 5) is 11.2. The fourth-order valence-corrected chi connectivity index (χ4v) is 3.81.